The Morgan fingerprint density at radius 3 is 1.73 bits per heavy atom. The summed E-state index contributed by atoms with van der Waals surface area (Å²) in [6, 6.07) is 27.9. The largest absolute Gasteiger partial charge is 0.0876 e. The Balaban J connectivity index is 1.95. The van der Waals surface area contributed by atoms with Gasteiger partial charge in [0.15, 0.2) is 0 Å². The van der Waals surface area contributed by atoms with Crippen molar-refractivity contribution >= 4 is 0 Å². The van der Waals surface area contributed by atoms with Crippen LogP contribution in [-0.4, -0.2) is 0 Å². The molecule has 0 heterocycles. The fourth-order valence-corrected chi connectivity index (χ4v) is 2.50. The summed E-state index contributed by atoms with van der Waals surface area (Å²) in [6.07, 6.45) is 0. The van der Waals surface area contributed by atoms with E-state index >= 15 is 0 Å². The van der Waals surface area contributed by atoms with Crippen LogP contribution in [0.15, 0.2) is 90.0 Å². The van der Waals surface area contributed by atoms with Gasteiger partial charge in [-0.1, -0.05) is 90.0 Å². The van der Waals surface area contributed by atoms with Crippen molar-refractivity contribution in [1.29, 1.82) is 0 Å². The lowest BCUT2D eigenvalue weighted by Crippen LogP contribution is -1.96. The predicted molar refractivity (Wildman–Crippen MR) is 89.3 cm³/mol. The maximum Gasteiger partial charge on any atom is 0.0876 e. The summed E-state index contributed by atoms with van der Waals surface area (Å²) in [7, 11) is 0. The van der Waals surface area contributed by atoms with E-state index in [9.17, 15) is 0 Å². The summed E-state index contributed by atoms with van der Waals surface area (Å²) in [6.45, 7) is 0. The molecule has 0 aliphatic rings. The van der Waals surface area contributed by atoms with Gasteiger partial charge in [-0.25, -0.2) is 0 Å². The van der Waals surface area contributed by atoms with Gasteiger partial charge in [0.1, 0.15) is 0 Å². The molecule has 3 aromatic rings. The van der Waals surface area contributed by atoms with E-state index in [2.05, 4.69) is 34.3 Å². The van der Waals surface area contributed by atoms with Gasteiger partial charge in [0.2, 0.25) is 0 Å². The highest BCUT2D eigenvalue weighted by molar-refractivity contribution is 5.63. The lowest BCUT2D eigenvalue weighted by Gasteiger charge is -2.12. The van der Waals surface area contributed by atoms with Crippen LogP contribution in [0.1, 0.15) is 17.2 Å². The Bertz CT molecular complexity index is 774. The molecule has 1 atom stereocenters. The van der Waals surface area contributed by atoms with Crippen LogP contribution in [0.25, 0.3) is 21.6 Å². The number of hydrogen-bond donors (Lipinski definition) is 0. The van der Waals surface area contributed by atoms with E-state index in [1.54, 1.807) is 0 Å². The molecule has 0 bridgehead atoms. The van der Waals surface area contributed by atoms with Crippen LogP contribution in [0.3, 0.4) is 0 Å². The first-order valence-electron chi connectivity index (χ1n) is 7.13. The summed E-state index contributed by atoms with van der Waals surface area (Å²) in [5.74, 6) is 0. The molecule has 0 fully saturated rings. The highest BCUT2D eigenvalue weighted by Gasteiger charge is 2.11. The molecule has 0 N–H and O–H groups in total. The molecule has 0 radical (unpaired) electrons. The van der Waals surface area contributed by atoms with E-state index in [0.29, 0.717) is 0 Å². The van der Waals surface area contributed by atoms with Crippen molar-refractivity contribution in [1.82, 2.24) is 0 Å². The van der Waals surface area contributed by atoms with Gasteiger partial charge in [0.05, 0.1) is 6.04 Å². The number of hydrogen-bond acceptors (Lipinski definition) is 1. The molecule has 1 unspecified atom stereocenters. The van der Waals surface area contributed by atoms with Crippen molar-refractivity contribution in [2.24, 2.45) is 5.11 Å². The van der Waals surface area contributed by atoms with Crippen molar-refractivity contribution in [3.05, 3.63) is 106 Å². The Kier molecular flexibility index (Phi) is 4.19. The van der Waals surface area contributed by atoms with Crippen molar-refractivity contribution in [3.8, 4) is 11.1 Å². The minimum atomic E-state index is -0.295. The molecule has 3 nitrogen and oxygen atoms in total. The Labute approximate surface area is 129 Å². The van der Waals surface area contributed by atoms with Gasteiger partial charge in [-0.05, 0) is 27.8 Å². The lowest BCUT2D eigenvalue weighted by molar-refractivity contribution is 0.859. The quantitative estimate of drug-likeness (QED) is 0.333. The second-order valence-electron chi connectivity index (χ2n) is 5.01. The average molecular weight is 285 g/mol. The number of nitrogens with zero attached hydrogens (tertiary/aromatic N) is 3. The topological polar surface area (TPSA) is 48.8 Å². The molecule has 3 heteroatoms. The molecule has 3 aromatic carbocycles. The second-order valence-corrected chi connectivity index (χ2v) is 5.01. The first-order valence-corrected chi connectivity index (χ1v) is 7.13. The maximum atomic E-state index is 8.85. The third-order valence-electron chi connectivity index (χ3n) is 3.62. The SMILES string of the molecule is [N-]=[N+]=NC(c1ccccc1)c1ccc(-c2ccccc2)cc1. The molecule has 0 saturated heterocycles. The molecule has 3 rings (SSSR count). The Hall–Kier alpha value is -3.03. The number of azide groups is 1. The summed E-state index contributed by atoms with van der Waals surface area (Å²) >= 11 is 0. The second kappa shape index (κ2) is 6.61. The zero-order chi connectivity index (χ0) is 15.2. The van der Waals surface area contributed by atoms with Crippen molar-refractivity contribution in [3.63, 3.8) is 0 Å². The average Bonchev–Trinajstić information content (AvgIpc) is 2.61. The summed E-state index contributed by atoms with van der Waals surface area (Å²) < 4.78 is 0. The van der Waals surface area contributed by atoms with E-state index in [1.807, 2.05) is 60.7 Å². The molecule has 0 spiro atoms. The van der Waals surface area contributed by atoms with Gasteiger partial charge in [0.25, 0.3) is 0 Å². The van der Waals surface area contributed by atoms with Crippen LogP contribution in [0.4, 0.5) is 0 Å². The van der Waals surface area contributed by atoms with Gasteiger partial charge in [0, 0.05) is 4.91 Å². The van der Waals surface area contributed by atoms with Crippen molar-refractivity contribution in [2.75, 3.05) is 0 Å². The lowest BCUT2D eigenvalue weighted by atomic mass is 9.97. The molecule has 0 aliphatic carbocycles. The molecule has 106 valence electrons. The molecule has 0 amide bonds. The summed E-state index contributed by atoms with van der Waals surface area (Å²) in [5, 5.41) is 3.95. The van der Waals surface area contributed by atoms with Gasteiger partial charge < -0.3 is 0 Å². The van der Waals surface area contributed by atoms with E-state index in [1.165, 1.54) is 5.56 Å². The zero-order valence-corrected chi connectivity index (χ0v) is 12.0. The Morgan fingerprint density at radius 2 is 1.14 bits per heavy atom. The van der Waals surface area contributed by atoms with E-state index in [4.69, 9.17) is 5.53 Å². The highest BCUT2D eigenvalue weighted by atomic mass is 15.1. The van der Waals surface area contributed by atoms with Crippen LogP contribution < -0.4 is 0 Å². The van der Waals surface area contributed by atoms with Crippen molar-refractivity contribution < 1.29 is 0 Å². The highest BCUT2D eigenvalue weighted by Crippen LogP contribution is 2.28. The first kappa shape index (κ1) is 13.9. The van der Waals surface area contributed by atoms with Gasteiger partial charge in [-0.15, -0.1) is 0 Å². The Morgan fingerprint density at radius 1 is 0.636 bits per heavy atom. The van der Waals surface area contributed by atoms with Crippen LogP contribution in [-0.2, 0) is 0 Å². The molecular formula is C19H15N3. The monoisotopic (exact) mass is 285 g/mol. The standard InChI is InChI=1S/C19H15N3/c20-22-21-19(17-9-5-2-6-10-17)18-13-11-16(12-14-18)15-7-3-1-4-8-15/h1-14,19H. The van der Waals surface area contributed by atoms with Crippen LogP contribution >= 0.6 is 0 Å². The normalized spacial score (nSPS) is 11.5. The molecule has 0 aromatic heterocycles. The van der Waals surface area contributed by atoms with E-state index < -0.39 is 0 Å². The third-order valence-corrected chi connectivity index (χ3v) is 3.62. The summed E-state index contributed by atoms with van der Waals surface area (Å²) in [4.78, 5) is 2.99. The van der Waals surface area contributed by atoms with E-state index in [0.717, 1.165) is 16.7 Å². The zero-order valence-electron chi connectivity index (χ0n) is 12.0. The van der Waals surface area contributed by atoms with Gasteiger partial charge in [-0.2, -0.15) is 0 Å². The number of benzene rings is 3. The van der Waals surface area contributed by atoms with E-state index in [-0.39, 0.29) is 6.04 Å². The first-order chi connectivity index (χ1) is 10.9. The van der Waals surface area contributed by atoms with Crippen LogP contribution in [0, 0.1) is 0 Å². The smallest absolute Gasteiger partial charge is 0.0812 e. The number of rotatable bonds is 4. The van der Waals surface area contributed by atoms with Gasteiger partial charge in [-0.3, -0.25) is 0 Å². The molecular weight excluding hydrogens is 270 g/mol. The minimum absolute atomic E-state index is 0.295. The molecule has 0 saturated carbocycles. The third kappa shape index (κ3) is 3.00. The van der Waals surface area contributed by atoms with Crippen LogP contribution in [0.5, 0.6) is 0 Å². The molecule has 22 heavy (non-hydrogen) atoms. The predicted octanol–water partition coefficient (Wildman–Crippen LogP) is 5.75. The molecule has 0 aliphatic heterocycles. The maximum absolute atomic E-state index is 8.85. The van der Waals surface area contributed by atoms with Crippen LogP contribution in [0.2, 0.25) is 0 Å². The minimum Gasteiger partial charge on any atom is -0.0812 e. The fourth-order valence-electron chi connectivity index (χ4n) is 2.50. The van der Waals surface area contributed by atoms with Crippen molar-refractivity contribution in [2.45, 2.75) is 6.04 Å². The van der Waals surface area contributed by atoms with Gasteiger partial charge >= 0.3 is 0 Å². The summed E-state index contributed by atoms with van der Waals surface area (Å²) in [5.41, 5.74) is 13.2. The fraction of sp³-hybridized carbons (Fsp3) is 0.0526.